The molecule has 128 valence electrons. The largest absolute Gasteiger partial charge is 0.337 e. The first kappa shape index (κ1) is 16.8. The number of rotatable bonds is 4. The van der Waals surface area contributed by atoms with Gasteiger partial charge in [0, 0.05) is 23.7 Å². The number of carbonyl (C=O) groups excluding carboxylic acids is 1. The van der Waals surface area contributed by atoms with Crippen molar-refractivity contribution in [3.63, 3.8) is 0 Å². The molecule has 7 heteroatoms. The van der Waals surface area contributed by atoms with E-state index in [-0.39, 0.29) is 18.6 Å². The zero-order chi connectivity index (χ0) is 16.9. The molecule has 0 spiro atoms. The molecule has 3 rings (SSSR count). The summed E-state index contributed by atoms with van der Waals surface area (Å²) in [6.07, 6.45) is 5.73. The van der Waals surface area contributed by atoms with Gasteiger partial charge < -0.3 is 14.7 Å². The number of nitrogens with one attached hydrogen (secondary N) is 1. The zero-order valence-corrected chi connectivity index (χ0v) is 14.4. The molecule has 1 N–H and O–H groups in total. The van der Waals surface area contributed by atoms with Gasteiger partial charge in [0.2, 0.25) is 11.7 Å². The Balaban J connectivity index is 1.58. The number of carbonyl (C=O) groups is 1. The van der Waals surface area contributed by atoms with Crippen LogP contribution < -0.4 is 5.32 Å². The molecule has 6 nitrogen and oxygen atoms in total. The lowest BCUT2D eigenvalue weighted by Gasteiger charge is -2.25. The van der Waals surface area contributed by atoms with E-state index in [9.17, 15) is 4.79 Å². The van der Waals surface area contributed by atoms with Crippen LogP contribution in [-0.2, 0) is 6.54 Å². The zero-order valence-electron chi connectivity index (χ0n) is 13.7. The van der Waals surface area contributed by atoms with Crippen LogP contribution in [0.1, 0.15) is 38.0 Å². The number of halogens is 1. The third-order valence-corrected chi connectivity index (χ3v) is 4.44. The van der Waals surface area contributed by atoms with Gasteiger partial charge in [0.05, 0.1) is 0 Å². The minimum Gasteiger partial charge on any atom is -0.337 e. The predicted molar refractivity (Wildman–Crippen MR) is 91.6 cm³/mol. The smallest absolute Gasteiger partial charge is 0.317 e. The standard InChI is InChI=1S/C17H21ClN4O2/c1-22(17(23)19-14-8-3-2-4-9-14)11-15-20-16(21-24-15)12-6-5-7-13(18)10-12/h5-7,10,14H,2-4,8-9,11H2,1H3,(H,19,23). The molecule has 1 saturated carbocycles. The maximum atomic E-state index is 12.2. The van der Waals surface area contributed by atoms with Gasteiger partial charge >= 0.3 is 6.03 Å². The number of benzene rings is 1. The fraction of sp³-hybridized carbons (Fsp3) is 0.471. The van der Waals surface area contributed by atoms with Crippen molar-refractivity contribution in [3.8, 4) is 11.4 Å². The van der Waals surface area contributed by atoms with Crippen molar-refractivity contribution in [3.05, 3.63) is 35.2 Å². The molecule has 1 aliphatic carbocycles. The van der Waals surface area contributed by atoms with Gasteiger partial charge in [-0.1, -0.05) is 48.2 Å². The summed E-state index contributed by atoms with van der Waals surface area (Å²) in [4.78, 5) is 18.1. The van der Waals surface area contributed by atoms with Gasteiger partial charge in [-0.05, 0) is 25.0 Å². The molecule has 2 aromatic rings. The topological polar surface area (TPSA) is 71.3 Å². The fourth-order valence-electron chi connectivity index (χ4n) is 2.87. The van der Waals surface area contributed by atoms with E-state index in [0.29, 0.717) is 16.7 Å². The van der Waals surface area contributed by atoms with E-state index in [4.69, 9.17) is 16.1 Å². The molecular weight excluding hydrogens is 328 g/mol. The molecule has 1 aromatic heterocycles. The molecule has 0 aliphatic heterocycles. The Morgan fingerprint density at radius 3 is 2.92 bits per heavy atom. The van der Waals surface area contributed by atoms with Crippen LogP contribution in [0.5, 0.6) is 0 Å². The van der Waals surface area contributed by atoms with Crippen LogP contribution in [0.2, 0.25) is 5.02 Å². The van der Waals surface area contributed by atoms with E-state index in [2.05, 4.69) is 15.5 Å². The monoisotopic (exact) mass is 348 g/mol. The summed E-state index contributed by atoms with van der Waals surface area (Å²) in [7, 11) is 1.72. The summed E-state index contributed by atoms with van der Waals surface area (Å²) in [5.74, 6) is 0.861. The molecule has 1 aromatic carbocycles. The fourth-order valence-corrected chi connectivity index (χ4v) is 3.06. The van der Waals surface area contributed by atoms with Crippen LogP contribution in [-0.4, -0.2) is 34.2 Å². The van der Waals surface area contributed by atoms with Gasteiger partial charge in [0.15, 0.2) is 0 Å². The Morgan fingerprint density at radius 1 is 1.38 bits per heavy atom. The normalized spacial score (nSPS) is 15.2. The van der Waals surface area contributed by atoms with Crippen molar-refractivity contribution in [1.29, 1.82) is 0 Å². The van der Waals surface area contributed by atoms with Crippen molar-refractivity contribution in [1.82, 2.24) is 20.4 Å². The lowest BCUT2D eigenvalue weighted by atomic mass is 9.96. The average Bonchev–Trinajstić information content (AvgIpc) is 3.04. The van der Waals surface area contributed by atoms with Crippen LogP contribution >= 0.6 is 11.6 Å². The van der Waals surface area contributed by atoms with E-state index < -0.39 is 0 Å². The lowest BCUT2D eigenvalue weighted by molar-refractivity contribution is 0.192. The molecule has 0 atom stereocenters. The summed E-state index contributed by atoms with van der Waals surface area (Å²) in [5.41, 5.74) is 0.784. The SMILES string of the molecule is CN(Cc1nc(-c2cccc(Cl)c2)no1)C(=O)NC1CCCCC1. The maximum absolute atomic E-state index is 12.2. The second-order valence-corrected chi connectivity index (χ2v) is 6.60. The highest BCUT2D eigenvalue weighted by molar-refractivity contribution is 6.30. The van der Waals surface area contributed by atoms with Crippen molar-refractivity contribution >= 4 is 17.6 Å². The van der Waals surface area contributed by atoms with Gasteiger partial charge in [-0.2, -0.15) is 4.98 Å². The van der Waals surface area contributed by atoms with E-state index in [1.807, 2.05) is 12.1 Å². The molecule has 0 bridgehead atoms. The predicted octanol–water partition coefficient (Wildman–Crippen LogP) is 3.86. The van der Waals surface area contributed by atoms with Crippen molar-refractivity contribution in [2.75, 3.05) is 7.05 Å². The highest BCUT2D eigenvalue weighted by Crippen LogP contribution is 2.20. The Morgan fingerprint density at radius 2 is 2.17 bits per heavy atom. The molecule has 0 radical (unpaired) electrons. The minimum atomic E-state index is -0.107. The molecule has 1 heterocycles. The van der Waals surface area contributed by atoms with Gasteiger partial charge in [-0.3, -0.25) is 0 Å². The Bertz CT molecular complexity index is 697. The van der Waals surface area contributed by atoms with Crippen molar-refractivity contribution in [2.45, 2.75) is 44.7 Å². The second kappa shape index (κ2) is 7.66. The minimum absolute atomic E-state index is 0.107. The molecule has 1 fully saturated rings. The van der Waals surface area contributed by atoms with Crippen LogP contribution in [0, 0.1) is 0 Å². The van der Waals surface area contributed by atoms with Gasteiger partial charge in [0.25, 0.3) is 0 Å². The van der Waals surface area contributed by atoms with Gasteiger partial charge in [-0.15, -0.1) is 0 Å². The summed E-state index contributed by atoms with van der Waals surface area (Å²) in [6.45, 7) is 0.270. The van der Waals surface area contributed by atoms with E-state index >= 15 is 0 Å². The number of hydrogen-bond donors (Lipinski definition) is 1. The van der Waals surface area contributed by atoms with Crippen molar-refractivity contribution < 1.29 is 9.32 Å². The van der Waals surface area contributed by atoms with Crippen molar-refractivity contribution in [2.24, 2.45) is 0 Å². The quantitative estimate of drug-likeness (QED) is 0.910. The highest BCUT2D eigenvalue weighted by atomic mass is 35.5. The van der Waals surface area contributed by atoms with E-state index in [0.717, 1.165) is 18.4 Å². The molecule has 0 saturated heterocycles. The molecule has 0 unspecified atom stereocenters. The summed E-state index contributed by atoms with van der Waals surface area (Å²) in [5, 5.41) is 7.63. The third kappa shape index (κ3) is 4.26. The van der Waals surface area contributed by atoms with Crippen LogP contribution in [0.3, 0.4) is 0 Å². The van der Waals surface area contributed by atoms with E-state index in [1.165, 1.54) is 19.3 Å². The van der Waals surface area contributed by atoms with Crippen LogP contribution in [0.15, 0.2) is 28.8 Å². The Kier molecular flexibility index (Phi) is 5.35. The maximum Gasteiger partial charge on any atom is 0.317 e. The Hall–Kier alpha value is -2.08. The number of aromatic nitrogens is 2. The summed E-state index contributed by atoms with van der Waals surface area (Å²) < 4.78 is 5.24. The first-order valence-corrected chi connectivity index (χ1v) is 8.60. The van der Waals surface area contributed by atoms with Gasteiger partial charge in [-0.25, -0.2) is 4.79 Å². The lowest BCUT2D eigenvalue weighted by Crippen LogP contribution is -2.43. The molecular formula is C17H21ClN4O2. The molecule has 2 amide bonds. The first-order valence-electron chi connectivity index (χ1n) is 8.22. The average molecular weight is 349 g/mol. The van der Waals surface area contributed by atoms with Gasteiger partial charge in [0.1, 0.15) is 6.54 Å². The third-order valence-electron chi connectivity index (χ3n) is 4.20. The summed E-state index contributed by atoms with van der Waals surface area (Å²) in [6, 6.07) is 7.42. The number of nitrogens with zero attached hydrogens (tertiary/aromatic N) is 3. The highest BCUT2D eigenvalue weighted by Gasteiger charge is 2.19. The molecule has 1 aliphatic rings. The Labute approximate surface area is 146 Å². The van der Waals surface area contributed by atoms with E-state index in [1.54, 1.807) is 24.1 Å². The first-order chi connectivity index (χ1) is 11.6. The summed E-state index contributed by atoms with van der Waals surface area (Å²) >= 11 is 5.97. The number of amides is 2. The van der Waals surface area contributed by atoms with Crippen LogP contribution in [0.25, 0.3) is 11.4 Å². The second-order valence-electron chi connectivity index (χ2n) is 6.16. The van der Waals surface area contributed by atoms with Crippen LogP contribution in [0.4, 0.5) is 4.79 Å². The molecule has 24 heavy (non-hydrogen) atoms. The number of hydrogen-bond acceptors (Lipinski definition) is 4. The number of urea groups is 1.